The maximum Gasteiger partial charge on any atom is 0.223 e. The molecule has 0 saturated carbocycles. The van der Waals surface area contributed by atoms with E-state index in [2.05, 4.69) is 85.0 Å². The fourth-order valence-electron chi connectivity index (χ4n) is 4.01. The van der Waals surface area contributed by atoms with Gasteiger partial charge in [-0.2, -0.15) is 0 Å². The van der Waals surface area contributed by atoms with E-state index in [1.54, 1.807) is 0 Å². The predicted molar refractivity (Wildman–Crippen MR) is 108 cm³/mol. The zero-order valence-electron chi connectivity index (χ0n) is 16.4. The predicted octanol–water partition coefficient (Wildman–Crippen LogP) is 4.99. The number of carbonyl (C=O) groups excluding carboxylic acids is 1. The van der Waals surface area contributed by atoms with E-state index in [0.717, 1.165) is 43.4 Å². The Balaban J connectivity index is 1.81. The van der Waals surface area contributed by atoms with Crippen LogP contribution in [0.3, 0.4) is 0 Å². The Morgan fingerprint density at radius 3 is 2.20 bits per heavy atom. The van der Waals surface area contributed by atoms with Crippen molar-refractivity contribution in [3.05, 3.63) is 34.3 Å². The fraction of sp³-hybridized carbons (Fsp3) is 0.667. The van der Waals surface area contributed by atoms with Crippen molar-refractivity contribution in [2.75, 3.05) is 13.1 Å². The van der Waals surface area contributed by atoms with Crippen molar-refractivity contribution in [1.29, 1.82) is 0 Å². The molecule has 0 atom stereocenters. The molecule has 2 rings (SSSR count). The van der Waals surface area contributed by atoms with Gasteiger partial charge in [0.2, 0.25) is 5.91 Å². The Kier molecular flexibility index (Phi) is 6.72. The Bertz CT molecular complexity index is 567. The minimum atomic E-state index is -0.149. The molecule has 1 aromatic carbocycles. The molecule has 1 heterocycles. The Morgan fingerprint density at radius 1 is 1.12 bits per heavy atom. The summed E-state index contributed by atoms with van der Waals surface area (Å²) in [4.78, 5) is 15.1. The topological polar surface area (TPSA) is 32.3 Å². The Hall–Kier alpha value is -0.870. The summed E-state index contributed by atoms with van der Waals surface area (Å²) in [6.07, 6.45) is 2.88. The minimum absolute atomic E-state index is 0.149. The summed E-state index contributed by atoms with van der Waals surface area (Å²) < 4.78 is 1.12. The molecule has 140 valence electrons. The van der Waals surface area contributed by atoms with Gasteiger partial charge in [0, 0.05) is 22.5 Å². The first-order valence-corrected chi connectivity index (χ1v) is 10.1. The van der Waals surface area contributed by atoms with Crippen LogP contribution in [0.5, 0.6) is 0 Å². The summed E-state index contributed by atoms with van der Waals surface area (Å²) in [5.41, 5.74) is 1.40. The lowest BCUT2D eigenvalue weighted by Gasteiger charge is -2.36. The molecule has 0 bridgehead atoms. The van der Waals surface area contributed by atoms with Gasteiger partial charge >= 0.3 is 0 Å². The maximum atomic E-state index is 12.7. The highest BCUT2D eigenvalue weighted by Crippen LogP contribution is 2.28. The van der Waals surface area contributed by atoms with Crippen LogP contribution in [-0.2, 0) is 11.3 Å². The number of carbonyl (C=O) groups is 1. The molecule has 0 spiro atoms. The highest BCUT2D eigenvalue weighted by Gasteiger charge is 2.31. The summed E-state index contributed by atoms with van der Waals surface area (Å²) in [5.74, 6) is 0.387. The van der Waals surface area contributed by atoms with Crippen molar-refractivity contribution in [2.45, 2.75) is 66.0 Å². The van der Waals surface area contributed by atoms with Crippen LogP contribution in [0.1, 0.15) is 59.4 Å². The van der Waals surface area contributed by atoms with Crippen molar-refractivity contribution in [1.82, 2.24) is 10.2 Å². The number of likely N-dealkylation sites (tertiary alicyclic amines) is 1. The molecule has 0 aliphatic carbocycles. The van der Waals surface area contributed by atoms with Gasteiger partial charge in [0.05, 0.1) is 0 Å². The molecule has 1 aliphatic rings. The molecule has 0 aromatic heterocycles. The summed E-state index contributed by atoms with van der Waals surface area (Å²) in [6, 6.07) is 8.51. The Labute approximate surface area is 161 Å². The summed E-state index contributed by atoms with van der Waals surface area (Å²) in [5, 5.41) is 3.29. The van der Waals surface area contributed by atoms with Gasteiger partial charge in [-0.1, -0.05) is 48.8 Å². The van der Waals surface area contributed by atoms with Crippen LogP contribution in [0, 0.1) is 11.3 Å². The number of rotatable bonds is 5. The van der Waals surface area contributed by atoms with Gasteiger partial charge in [0.25, 0.3) is 0 Å². The van der Waals surface area contributed by atoms with Crippen LogP contribution in [-0.4, -0.2) is 29.4 Å². The van der Waals surface area contributed by atoms with Crippen LogP contribution in [0.2, 0.25) is 0 Å². The first-order chi connectivity index (χ1) is 11.5. The molecule has 4 heteroatoms. The van der Waals surface area contributed by atoms with Crippen molar-refractivity contribution in [3.8, 4) is 0 Å². The van der Waals surface area contributed by atoms with Gasteiger partial charge in [-0.3, -0.25) is 9.69 Å². The highest BCUT2D eigenvalue weighted by molar-refractivity contribution is 9.10. The van der Waals surface area contributed by atoms with E-state index in [-0.39, 0.29) is 22.8 Å². The number of piperidine rings is 1. The lowest BCUT2D eigenvalue weighted by molar-refractivity contribution is -0.128. The number of benzene rings is 1. The minimum Gasteiger partial charge on any atom is -0.351 e. The second-order valence-corrected chi connectivity index (χ2v) is 10.2. The van der Waals surface area contributed by atoms with Gasteiger partial charge in [-0.25, -0.2) is 0 Å². The molecule has 0 radical (unpaired) electrons. The van der Waals surface area contributed by atoms with E-state index in [4.69, 9.17) is 0 Å². The van der Waals surface area contributed by atoms with Crippen molar-refractivity contribution in [2.24, 2.45) is 11.3 Å². The van der Waals surface area contributed by atoms with Gasteiger partial charge in [0.1, 0.15) is 0 Å². The number of nitrogens with zero attached hydrogens (tertiary/aromatic N) is 1. The summed E-state index contributed by atoms with van der Waals surface area (Å²) >= 11 is 3.48. The first-order valence-electron chi connectivity index (χ1n) is 9.33. The monoisotopic (exact) mass is 408 g/mol. The molecule has 25 heavy (non-hydrogen) atoms. The number of hydrogen-bond donors (Lipinski definition) is 1. The fourth-order valence-corrected chi connectivity index (χ4v) is 4.27. The maximum absolute atomic E-state index is 12.7. The third-order valence-corrected chi connectivity index (χ3v) is 5.24. The average Bonchev–Trinajstić information content (AvgIpc) is 2.47. The van der Waals surface area contributed by atoms with Gasteiger partial charge in [-0.15, -0.1) is 0 Å². The molecule has 0 unspecified atom stereocenters. The van der Waals surface area contributed by atoms with Crippen LogP contribution in [0.15, 0.2) is 28.7 Å². The molecular weight excluding hydrogens is 376 g/mol. The molecular formula is C21H33BrN2O. The summed E-state index contributed by atoms with van der Waals surface area (Å²) in [7, 11) is 0. The van der Waals surface area contributed by atoms with E-state index in [0.29, 0.717) is 0 Å². The molecule has 1 aliphatic heterocycles. The lowest BCUT2D eigenvalue weighted by Crippen LogP contribution is -2.49. The van der Waals surface area contributed by atoms with Crippen molar-refractivity contribution < 1.29 is 4.79 Å². The van der Waals surface area contributed by atoms with Gasteiger partial charge in [-0.05, 0) is 69.3 Å². The molecule has 1 N–H and O–H groups in total. The molecule has 1 fully saturated rings. The lowest BCUT2D eigenvalue weighted by atomic mass is 9.81. The van der Waals surface area contributed by atoms with Gasteiger partial charge in [0.15, 0.2) is 0 Å². The molecule has 3 nitrogen and oxygen atoms in total. The average molecular weight is 409 g/mol. The van der Waals surface area contributed by atoms with Crippen LogP contribution < -0.4 is 5.32 Å². The quantitative estimate of drug-likeness (QED) is 0.743. The zero-order chi connectivity index (χ0) is 18.7. The third-order valence-electron chi connectivity index (χ3n) is 4.71. The largest absolute Gasteiger partial charge is 0.351 e. The zero-order valence-corrected chi connectivity index (χ0v) is 17.9. The SMILES string of the molecule is CC(C)(C)CC(C)(C)NC(=O)C1CCN(Cc2ccc(Br)cc2)CC1. The van der Waals surface area contributed by atoms with E-state index in [1.165, 1.54) is 5.56 Å². The first kappa shape index (κ1) is 20.4. The van der Waals surface area contributed by atoms with Crippen molar-refractivity contribution >= 4 is 21.8 Å². The smallest absolute Gasteiger partial charge is 0.223 e. The number of hydrogen-bond acceptors (Lipinski definition) is 2. The third kappa shape index (κ3) is 7.10. The van der Waals surface area contributed by atoms with Crippen molar-refractivity contribution in [3.63, 3.8) is 0 Å². The van der Waals surface area contributed by atoms with Crippen LogP contribution >= 0.6 is 15.9 Å². The standard InChI is InChI=1S/C21H33BrN2O/c1-20(2,3)15-21(4,5)23-19(25)17-10-12-24(13-11-17)14-16-6-8-18(22)9-7-16/h6-9,17H,10-15H2,1-5H3,(H,23,25). The number of amides is 1. The molecule has 1 aromatic rings. The Morgan fingerprint density at radius 2 is 1.68 bits per heavy atom. The molecule has 1 amide bonds. The number of nitrogens with one attached hydrogen (secondary N) is 1. The van der Waals surface area contributed by atoms with Gasteiger partial charge < -0.3 is 5.32 Å². The summed E-state index contributed by atoms with van der Waals surface area (Å²) in [6.45, 7) is 13.9. The second-order valence-electron chi connectivity index (χ2n) is 9.29. The van der Waals surface area contributed by atoms with E-state index in [9.17, 15) is 4.79 Å². The highest BCUT2D eigenvalue weighted by atomic mass is 79.9. The van der Waals surface area contributed by atoms with E-state index < -0.39 is 0 Å². The number of halogens is 1. The normalized spacial score (nSPS) is 17.5. The van der Waals surface area contributed by atoms with E-state index in [1.807, 2.05) is 0 Å². The van der Waals surface area contributed by atoms with E-state index >= 15 is 0 Å². The van der Waals surface area contributed by atoms with Crippen LogP contribution in [0.25, 0.3) is 0 Å². The second kappa shape index (κ2) is 8.22. The van der Waals surface area contributed by atoms with Crippen LogP contribution in [0.4, 0.5) is 0 Å². The molecule has 1 saturated heterocycles.